The molecule has 0 spiro atoms. The van der Waals surface area contributed by atoms with Crippen molar-refractivity contribution in [2.75, 3.05) is 13.1 Å². The van der Waals surface area contributed by atoms with Gasteiger partial charge >= 0.3 is 0 Å². The summed E-state index contributed by atoms with van der Waals surface area (Å²) in [6, 6.07) is 2.73. The van der Waals surface area contributed by atoms with Gasteiger partial charge in [0.05, 0.1) is 10.6 Å². The molecule has 0 aliphatic carbocycles. The molecule has 1 heterocycles. The first-order valence-electron chi connectivity index (χ1n) is 8.04. The van der Waals surface area contributed by atoms with Gasteiger partial charge in [-0.15, -0.1) is 0 Å². The molecule has 2 amide bonds. The monoisotopic (exact) mass is 372 g/mol. The number of aromatic hydroxyl groups is 1. The third-order valence-electron chi connectivity index (χ3n) is 4.04. The summed E-state index contributed by atoms with van der Waals surface area (Å²) in [5, 5.41) is 13.1. The summed E-state index contributed by atoms with van der Waals surface area (Å²) in [5.74, 6) is -0.188. The second-order valence-corrected chi connectivity index (χ2v) is 7.35. The molecule has 0 radical (unpaired) electrons. The number of halogens is 2. The van der Waals surface area contributed by atoms with Crippen LogP contribution in [-0.2, 0) is 4.79 Å². The Bertz CT molecular complexity index is 627. The number of nitrogens with zero attached hydrogens (tertiary/aromatic N) is 1. The number of phenols is 1. The standard InChI is InChI=1S/C17H22Cl2N2O3/c1-10(2)7-15(22)21-5-3-12(4-6-21)20-17(24)13-8-11(18)9-14(19)16(13)23/h8-10,12,23H,3-7H2,1-2H3,(H,20,24). The lowest BCUT2D eigenvalue weighted by Crippen LogP contribution is -2.46. The quantitative estimate of drug-likeness (QED) is 0.849. The van der Waals surface area contributed by atoms with Crippen molar-refractivity contribution in [2.45, 2.75) is 39.2 Å². The number of benzene rings is 1. The van der Waals surface area contributed by atoms with Crippen LogP contribution < -0.4 is 5.32 Å². The minimum absolute atomic E-state index is 0.0433. The molecule has 7 heteroatoms. The SMILES string of the molecule is CC(C)CC(=O)N1CCC(NC(=O)c2cc(Cl)cc(Cl)c2O)CC1. The van der Waals surface area contributed by atoms with E-state index in [9.17, 15) is 14.7 Å². The Labute approximate surface area is 151 Å². The molecule has 24 heavy (non-hydrogen) atoms. The third kappa shape index (κ3) is 4.77. The molecule has 0 bridgehead atoms. The lowest BCUT2D eigenvalue weighted by Gasteiger charge is -2.33. The van der Waals surface area contributed by atoms with Gasteiger partial charge in [-0.1, -0.05) is 37.0 Å². The van der Waals surface area contributed by atoms with Crippen LogP contribution in [0.2, 0.25) is 10.0 Å². The minimum Gasteiger partial charge on any atom is -0.506 e. The number of piperidine rings is 1. The number of carbonyl (C=O) groups is 2. The molecule has 0 atom stereocenters. The minimum atomic E-state index is -0.413. The fourth-order valence-electron chi connectivity index (χ4n) is 2.75. The molecule has 5 nitrogen and oxygen atoms in total. The average Bonchev–Trinajstić information content (AvgIpc) is 2.50. The van der Waals surface area contributed by atoms with Gasteiger partial charge in [0.2, 0.25) is 5.91 Å². The van der Waals surface area contributed by atoms with E-state index in [1.54, 1.807) is 0 Å². The smallest absolute Gasteiger partial charge is 0.255 e. The molecule has 1 saturated heterocycles. The van der Waals surface area contributed by atoms with Crippen molar-refractivity contribution in [2.24, 2.45) is 5.92 Å². The Kier molecular flexibility index (Phi) is 6.35. The Morgan fingerprint density at radius 1 is 1.29 bits per heavy atom. The lowest BCUT2D eigenvalue weighted by atomic mass is 10.0. The number of rotatable bonds is 4. The molecule has 1 aromatic rings. The highest BCUT2D eigenvalue weighted by Crippen LogP contribution is 2.31. The summed E-state index contributed by atoms with van der Waals surface area (Å²) in [6.45, 7) is 5.29. The summed E-state index contributed by atoms with van der Waals surface area (Å²) < 4.78 is 0. The van der Waals surface area contributed by atoms with E-state index in [2.05, 4.69) is 5.32 Å². The average molecular weight is 373 g/mol. The first kappa shape index (κ1) is 18.9. The Morgan fingerprint density at radius 2 is 1.92 bits per heavy atom. The van der Waals surface area contributed by atoms with Crippen molar-refractivity contribution in [1.82, 2.24) is 10.2 Å². The van der Waals surface area contributed by atoms with E-state index in [1.165, 1.54) is 12.1 Å². The fourth-order valence-corrected chi connectivity index (χ4v) is 3.25. The van der Waals surface area contributed by atoms with Crippen molar-refractivity contribution in [1.29, 1.82) is 0 Å². The molecule has 1 fully saturated rings. The van der Waals surface area contributed by atoms with E-state index in [0.29, 0.717) is 38.3 Å². The molecule has 1 aromatic carbocycles. The van der Waals surface area contributed by atoms with Gasteiger partial charge in [-0.3, -0.25) is 9.59 Å². The Hall–Kier alpha value is -1.46. The maximum absolute atomic E-state index is 12.3. The van der Waals surface area contributed by atoms with Crippen LogP contribution in [0.3, 0.4) is 0 Å². The number of carbonyl (C=O) groups excluding carboxylic acids is 2. The molecule has 132 valence electrons. The van der Waals surface area contributed by atoms with Crippen LogP contribution >= 0.6 is 23.2 Å². The van der Waals surface area contributed by atoms with Crippen LogP contribution in [0.4, 0.5) is 0 Å². The summed E-state index contributed by atoms with van der Waals surface area (Å²) in [7, 11) is 0. The van der Waals surface area contributed by atoms with E-state index in [0.717, 1.165) is 0 Å². The molecule has 1 aliphatic rings. The predicted octanol–water partition coefficient (Wildman–Crippen LogP) is 3.47. The summed E-state index contributed by atoms with van der Waals surface area (Å²) >= 11 is 11.7. The molecular formula is C17H22Cl2N2O3. The van der Waals surface area contributed by atoms with Crippen LogP contribution in [0.1, 0.15) is 43.5 Å². The maximum Gasteiger partial charge on any atom is 0.255 e. The van der Waals surface area contributed by atoms with Crippen molar-refractivity contribution < 1.29 is 14.7 Å². The van der Waals surface area contributed by atoms with Crippen LogP contribution in [0, 0.1) is 5.92 Å². The van der Waals surface area contributed by atoms with Gasteiger partial charge in [0.25, 0.3) is 5.91 Å². The van der Waals surface area contributed by atoms with Crippen LogP contribution in [0.25, 0.3) is 0 Å². The fraction of sp³-hybridized carbons (Fsp3) is 0.529. The molecular weight excluding hydrogens is 351 g/mol. The van der Waals surface area contributed by atoms with Crippen molar-refractivity contribution in [3.05, 3.63) is 27.7 Å². The molecule has 0 unspecified atom stereocenters. The first-order chi connectivity index (χ1) is 11.3. The van der Waals surface area contributed by atoms with E-state index < -0.39 is 5.91 Å². The normalized spacial score (nSPS) is 15.6. The Morgan fingerprint density at radius 3 is 2.50 bits per heavy atom. The summed E-state index contributed by atoms with van der Waals surface area (Å²) in [4.78, 5) is 26.2. The first-order valence-corrected chi connectivity index (χ1v) is 8.80. The Balaban J connectivity index is 1.92. The van der Waals surface area contributed by atoms with Gasteiger partial charge in [0, 0.05) is 30.6 Å². The van der Waals surface area contributed by atoms with Gasteiger partial charge in [-0.2, -0.15) is 0 Å². The zero-order valence-corrected chi connectivity index (χ0v) is 15.3. The van der Waals surface area contributed by atoms with Gasteiger partial charge in [0.1, 0.15) is 5.75 Å². The third-order valence-corrected chi connectivity index (χ3v) is 4.54. The predicted molar refractivity (Wildman–Crippen MR) is 94.7 cm³/mol. The zero-order chi connectivity index (χ0) is 17.9. The lowest BCUT2D eigenvalue weighted by molar-refractivity contribution is -0.133. The number of likely N-dealkylation sites (tertiary alicyclic amines) is 1. The molecule has 2 N–H and O–H groups in total. The van der Waals surface area contributed by atoms with E-state index in [1.807, 2.05) is 18.7 Å². The molecule has 2 rings (SSSR count). The van der Waals surface area contributed by atoms with Crippen LogP contribution in [-0.4, -0.2) is 41.0 Å². The van der Waals surface area contributed by atoms with Crippen LogP contribution in [0.15, 0.2) is 12.1 Å². The second-order valence-electron chi connectivity index (χ2n) is 6.51. The van der Waals surface area contributed by atoms with Crippen molar-refractivity contribution in [3.63, 3.8) is 0 Å². The van der Waals surface area contributed by atoms with E-state index in [4.69, 9.17) is 23.2 Å². The highest BCUT2D eigenvalue weighted by molar-refractivity contribution is 6.36. The summed E-state index contributed by atoms with van der Waals surface area (Å²) in [5.41, 5.74) is 0.0609. The number of hydrogen-bond acceptors (Lipinski definition) is 3. The molecule has 1 aliphatic heterocycles. The van der Waals surface area contributed by atoms with E-state index in [-0.39, 0.29) is 33.3 Å². The maximum atomic E-state index is 12.3. The molecule has 0 aromatic heterocycles. The van der Waals surface area contributed by atoms with Gasteiger partial charge in [0.15, 0.2) is 0 Å². The van der Waals surface area contributed by atoms with Gasteiger partial charge in [-0.05, 0) is 30.9 Å². The van der Waals surface area contributed by atoms with Crippen molar-refractivity contribution >= 4 is 35.0 Å². The highest BCUT2D eigenvalue weighted by Gasteiger charge is 2.25. The number of phenolic OH excluding ortho intramolecular Hbond substituents is 1. The van der Waals surface area contributed by atoms with Gasteiger partial charge < -0.3 is 15.3 Å². The van der Waals surface area contributed by atoms with E-state index >= 15 is 0 Å². The number of amides is 2. The summed E-state index contributed by atoms with van der Waals surface area (Å²) in [6.07, 6.45) is 1.92. The largest absolute Gasteiger partial charge is 0.506 e. The van der Waals surface area contributed by atoms with Crippen molar-refractivity contribution in [3.8, 4) is 5.75 Å². The topological polar surface area (TPSA) is 69.6 Å². The number of nitrogens with one attached hydrogen (secondary N) is 1. The second kappa shape index (κ2) is 8.08. The zero-order valence-electron chi connectivity index (χ0n) is 13.8. The van der Waals surface area contributed by atoms with Gasteiger partial charge in [-0.25, -0.2) is 0 Å². The van der Waals surface area contributed by atoms with Crippen LogP contribution in [0.5, 0.6) is 5.75 Å². The number of hydrogen-bond donors (Lipinski definition) is 2. The highest BCUT2D eigenvalue weighted by atomic mass is 35.5. The molecule has 0 saturated carbocycles.